The van der Waals surface area contributed by atoms with Crippen molar-refractivity contribution in [1.82, 2.24) is 4.90 Å². The lowest BCUT2D eigenvalue weighted by Crippen LogP contribution is -2.41. The number of nitrogens with two attached hydrogens (primary N) is 1. The molecule has 0 atom stereocenters. The van der Waals surface area contributed by atoms with Crippen LogP contribution >= 0.6 is 0 Å². The van der Waals surface area contributed by atoms with Crippen LogP contribution in [-0.4, -0.2) is 43.0 Å². The summed E-state index contributed by atoms with van der Waals surface area (Å²) in [6.45, 7) is 6.35. The number of amides is 2. The predicted octanol–water partition coefficient (Wildman–Crippen LogP) is 2.60. The lowest BCUT2D eigenvalue weighted by molar-refractivity contribution is -0.123. The van der Waals surface area contributed by atoms with Gasteiger partial charge in [0, 0.05) is 24.6 Å². The third-order valence-corrected chi connectivity index (χ3v) is 4.30. The monoisotopic (exact) mass is 348 g/mol. The Morgan fingerprint density at radius 1 is 1.08 bits per heavy atom. The van der Waals surface area contributed by atoms with E-state index in [1.165, 1.54) is 0 Å². The van der Waals surface area contributed by atoms with Gasteiger partial charge in [-0.25, -0.2) is 0 Å². The van der Waals surface area contributed by atoms with Gasteiger partial charge in [-0.2, -0.15) is 0 Å². The van der Waals surface area contributed by atoms with Gasteiger partial charge in [0.1, 0.15) is 0 Å². The molecule has 1 saturated heterocycles. The molecule has 6 nitrogen and oxygen atoms in total. The molecule has 1 aromatic carbocycles. The van der Waals surface area contributed by atoms with Crippen LogP contribution in [0.3, 0.4) is 0 Å². The van der Waals surface area contributed by atoms with Crippen LogP contribution in [0.25, 0.3) is 0 Å². The Kier molecular flexibility index (Phi) is 7.10. The van der Waals surface area contributed by atoms with E-state index < -0.39 is 0 Å². The maximum atomic E-state index is 12.7. The molecule has 0 spiro atoms. The molecule has 2 amide bonds. The van der Waals surface area contributed by atoms with Gasteiger partial charge in [0.15, 0.2) is 11.5 Å². The highest BCUT2D eigenvalue weighted by Crippen LogP contribution is 2.30. The molecule has 1 aromatic rings. The smallest absolute Gasteiger partial charge is 0.253 e. The van der Waals surface area contributed by atoms with Gasteiger partial charge in [-0.1, -0.05) is 13.8 Å². The van der Waals surface area contributed by atoms with Crippen LogP contribution in [0.1, 0.15) is 49.9 Å². The summed E-state index contributed by atoms with van der Waals surface area (Å²) in [7, 11) is 0. The highest BCUT2D eigenvalue weighted by Gasteiger charge is 2.27. The van der Waals surface area contributed by atoms with Gasteiger partial charge in [0.2, 0.25) is 5.91 Å². The van der Waals surface area contributed by atoms with Crippen molar-refractivity contribution >= 4 is 11.8 Å². The van der Waals surface area contributed by atoms with Crippen LogP contribution < -0.4 is 15.2 Å². The van der Waals surface area contributed by atoms with Gasteiger partial charge in [0.05, 0.1) is 13.2 Å². The quantitative estimate of drug-likeness (QED) is 0.783. The van der Waals surface area contributed by atoms with Crippen molar-refractivity contribution in [2.45, 2.75) is 39.5 Å². The summed E-state index contributed by atoms with van der Waals surface area (Å²) in [6, 6.07) is 5.32. The number of hydrogen-bond donors (Lipinski definition) is 1. The largest absolute Gasteiger partial charge is 0.490 e. The lowest BCUT2D eigenvalue weighted by Gasteiger charge is -2.30. The summed E-state index contributed by atoms with van der Waals surface area (Å²) in [4.78, 5) is 25.8. The van der Waals surface area contributed by atoms with Crippen molar-refractivity contribution in [2.75, 3.05) is 26.3 Å². The molecular formula is C19H28N2O4. The molecule has 0 bridgehead atoms. The lowest BCUT2D eigenvalue weighted by atomic mass is 9.96. The van der Waals surface area contributed by atoms with Gasteiger partial charge >= 0.3 is 0 Å². The van der Waals surface area contributed by atoms with E-state index in [-0.39, 0.29) is 17.7 Å². The Bertz CT molecular complexity index is 595. The third kappa shape index (κ3) is 5.11. The number of rotatable bonds is 8. The minimum Gasteiger partial charge on any atom is -0.490 e. The number of hydrogen-bond acceptors (Lipinski definition) is 4. The predicted molar refractivity (Wildman–Crippen MR) is 95.8 cm³/mol. The van der Waals surface area contributed by atoms with Gasteiger partial charge < -0.3 is 20.1 Å². The number of piperidine rings is 1. The van der Waals surface area contributed by atoms with E-state index in [1.807, 2.05) is 13.8 Å². The highest BCUT2D eigenvalue weighted by atomic mass is 16.5. The van der Waals surface area contributed by atoms with Crippen LogP contribution in [0, 0.1) is 5.92 Å². The molecule has 1 heterocycles. The molecule has 25 heavy (non-hydrogen) atoms. The molecule has 0 aromatic heterocycles. The second-order valence-corrected chi connectivity index (χ2v) is 6.33. The fraction of sp³-hybridized carbons (Fsp3) is 0.579. The molecule has 1 fully saturated rings. The van der Waals surface area contributed by atoms with Crippen molar-refractivity contribution in [2.24, 2.45) is 11.7 Å². The molecule has 0 saturated carbocycles. The van der Waals surface area contributed by atoms with E-state index in [4.69, 9.17) is 15.2 Å². The van der Waals surface area contributed by atoms with E-state index in [1.54, 1.807) is 23.1 Å². The fourth-order valence-electron chi connectivity index (χ4n) is 2.85. The van der Waals surface area contributed by atoms with Crippen molar-refractivity contribution in [3.05, 3.63) is 23.8 Å². The number of carbonyl (C=O) groups is 2. The summed E-state index contributed by atoms with van der Waals surface area (Å²) in [5, 5.41) is 0. The molecule has 0 unspecified atom stereocenters. The van der Waals surface area contributed by atoms with Crippen LogP contribution in [-0.2, 0) is 4.79 Å². The van der Waals surface area contributed by atoms with Gasteiger partial charge in [0.25, 0.3) is 5.91 Å². The topological polar surface area (TPSA) is 81.9 Å². The molecule has 2 rings (SSSR count). The maximum absolute atomic E-state index is 12.7. The minimum absolute atomic E-state index is 0.0497. The van der Waals surface area contributed by atoms with Crippen LogP contribution in [0.4, 0.5) is 0 Å². The first-order valence-corrected chi connectivity index (χ1v) is 9.05. The molecule has 6 heteroatoms. The number of likely N-dealkylation sites (tertiary alicyclic amines) is 1. The third-order valence-electron chi connectivity index (χ3n) is 4.30. The number of benzene rings is 1. The van der Waals surface area contributed by atoms with E-state index in [9.17, 15) is 9.59 Å². The van der Waals surface area contributed by atoms with Crippen molar-refractivity contribution in [1.29, 1.82) is 0 Å². The van der Waals surface area contributed by atoms with Gasteiger partial charge in [-0.15, -0.1) is 0 Å². The standard InChI is InChI=1S/C19H28N2O4/c1-3-11-24-16-6-5-15(13-17(16)25-12-4-2)19(23)21-9-7-14(8-10-21)18(20)22/h5-6,13-14H,3-4,7-12H2,1-2H3,(H2,20,22). The first-order chi connectivity index (χ1) is 12.1. The molecule has 138 valence electrons. The highest BCUT2D eigenvalue weighted by molar-refractivity contribution is 5.95. The Morgan fingerprint density at radius 2 is 1.68 bits per heavy atom. The summed E-state index contributed by atoms with van der Waals surface area (Å²) in [5.74, 6) is 0.816. The molecule has 2 N–H and O–H groups in total. The van der Waals surface area contributed by atoms with E-state index in [0.717, 1.165) is 12.8 Å². The van der Waals surface area contributed by atoms with Crippen LogP contribution in [0.5, 0.6) is 11.5 Å². The minimum atomic E-state index is -0.278. The maximum Gasteiger partial charge on any atom is 0.253 e. The Balaban J connectivity index is 2.09. The summed E-state index contributed by atoms with van der Waals surface area (Å²) in [5.41, 5.74) is 5.93. The second kappa shape index (κ2) is 9.30. The fourth-order valence-corrected chi connectivity index (χ4v) is 2.85. The zero-order valence-corrected chi connectivity index (χ0v) is 15.1. The number of ether oxygens (including phenoxy) is 2. The number of carbonyl (C=O) groups excluding carboxylic acids is 2. The Morgan fingerprint density at radius 3 is 2.24 bits per heavy atom. The second-order valence-electron chi connectivity index (χ2n) is 6.33. The average molecular weight is 348 g/mol. The number of primary amides is 1. The molecule has 0 radical (unpaired) electrons. The van der Waals surface area contributed by atoms with Gasteiger partial charge in [-0.05, 0) is 43.9 Å². The molecule has 1 aliphatic heterocycles. The van der Waals surface area contributed by atoms with Gasteiger partial charge in [-0.3, -0.25) is 9.59 Å². The summed E-state index contributed by atoms with van der Waals surface area (Å²) < 4.78 is 11.5. The Hall–Kier alpha value is -2.24. The first kappa shape index (κ1) is 19.1. The molecular weight excluding hydrogens is 320 g/mol. The van der Waals surface area contributed by atoms with E-state index in [2.05, 4.69) is 0 Å². The number of nitrogens with zero attached hydrogens (tertiary/aromatic N) is 1. The van der Waals surface area contributed by atoms with E-state index >= 15 is 0 Å². The van der Waals surface area contributed by atoms with Crippen molar-refractivity contribution < 1.29 is 19.1 Å². The summed E-state index contributed by atoms with van der Waals surface area (Å²) >= 11 is 0. The van der Waals surface area contributed by atoms with Crippen molar-refractivity contribution in [3.63, 3.8) is 0 Å². The van der Waals surface area contributed by atoms with Crippen LogP contribution in [0.15, 0.2) is 18.2 Å². The zero-order chi connectivity index (χ0) is 18.2. The molecule has 1 aliphatic rings. The first-order valence-electron chi connectivity index (χ1n) is 9.05. The average Bonchev–Trinajstić information content (AvgIpc) is 2.64. The van der Waals surface area contributed by atoms with E-state index in [0.29, 0.717) is 56.2 Å². The summed E-state index contributed by atoms with van der Waals surface area (Å²) in [6.07, 6.45) is 3.03. The SMILES string of the molecule is CCCOc1ccc(C(=O)N2CCC(C(N)=O)CC2)cc1OCCC. The van der Waals surface area contributed by atoms with Crippen LogP contribution in [0.2, 0.25) is 0 Å². The molecule has 0 aliphatic carbocycles. The van der Waals surface area contributed by atoms with Crippen molar-refractivity contribution in [3.8, 4) is 11.5 Å². The zero-order valence-electron chi connectivity index (χ0n) is 15.1. The normalized spacial score (nSPS) is 15.0. The Labute approximate surface area is 149 Å².